The van der Waals surface area contributed by atoms with E-state index in [-0.39, 0.29) is 35.3 Å². The van der Waals surface area contributed by atoms with Crippen LogP contribution in [0.25, 0.3) is 16.7 Å². The van der Waals surface area contributed by atoms with Crippen molar-refractivity contribution in [1.82, 2.24) is 24.6 Å². The molecule has 1 saturated heterocycles. The highest BCUT2D eigenvalue weighted by atomic mass is 35.5. The first-order valence-corrected chi connectivity index (χ1v) is 11.2. The minimum Gasteiger partial charge on any atom is -0.451 e. The highest BCUT2D eigenvalue weighted by molar-refractivity contribution is 6.30. The Labute approximate surface area is 199 Å². The molecule has 34 heavy (non-hydrogen) atoms. The number of hydrogen-bond donors (Lipinski definition) is 0. The molecule has 0 bridgehead atoms. The summed E-state index contributed by atoms with van der Waals surface area (Å²) in [5.41, 5.74) is 1.76. The molecule has 1 fully saturated rings. The van der Waals surface area contributed by atoms with E-state index in [1.165, 1.54) is 29.2 Å². The van der Waals surface area contributed by atoms with Gasteiger partial charge in [-0.25, -0.2) is 14.1 Å². The highest BCUT2D eigenvalue weighted by Crippen LogP contribution is 2.28. The average molecular weight is 482 g/mol. The molecule has 0 spiro atoms. The quantitative estimate of drug-likeness (QED) is 0.440. The van der Waals surface area contributed by atoms with Crippen molar-refractivity contribution in [2.24, 2.45) is 0 Å². The number of piperazine rings is 1. The molecule has 10 heteroatoms. The van der Waals surface area contributed by atoms with Crippen molar-refractivity contribution in [3.05, 3.63) is 76.8 Å². The van der Waals surface area contributed by atoms with E-state index in [1.54, 1.807) is 34.9 Å². The number of hydrogen-bond acceptors (Lipinski definition) is 5. The molecule has 2 aromatic carbocycles. The van der Waals surface area contributed by atoms with Crippen LogP contribution in [-0.4, -0.2) is 62.1 Å². The number of furan rings is 1. The van der Waals surface area contributed by atoms with E-state index in [9.17, 15) is 14.0 Å². The van der Waals surface area contributed by atoms with Crippen LogP contribution in [0.4, 0.5) is 4.39 Å². The third-order valence-corrected chi connectivity index (χ3v) is 6.26. The van der Waals surface area contributed by atoms with Crippen molar-refractivity contribution in [3.8, 4) is 5.69 Å². The van der Waals surface area contributed by atoms with Gasteiger partial charge in [-0.2, -0.15) is 0 Å². The van der Waals surface area contributed by atoms with E-state index >= 15 is 0 Å². The molecule has 1 aliphatic rings. The fourth-order valence-corrected chi connectivity index (χ4v) is 4.40. The lowest BCUT2D eigenvalue weighted by Crippen LogP contribution is -2.55. The number of rotatable bonds is 3. The Morgan fingerprint density at radius 2 is 1.97 bits per heavy atom. The van der Waals surface area contributed by atoms with Gasteiger partial charge in [0, 0.05) is 41.6 Å². The predicted molar refractivity (Wildman–Crippen MR) is 124 cm³/mol. The van der Waals surface area contributed by atoms with Gasteiger partial charge in [0.15, 0.2) is 5.76 Å². The standard InChI is InChI=1S/C24H21ClFN5O3/c1-14-12-29(24(33)22-27-13-31(28-22)18-5-3-4-16(25)10-18)8-9-30(14)23(32)21-15(2)19-11-17(26)6-7-20(19)34-21/h3-7,10-11,13-14H,8-9,12H2,1-2H3. The van der Waals surface area contributed by atoms with Crippen molar-refractivity contribution < 1.29 is 18.4 Å². The summed E-state index contributed by atoms with van der Waals surface area (Å²) in [4.78, 5) is 33.7. The zero-order chi connectivity index (χ0) is 24.0. The van der Waals surface area contributed by atoms with E-state index in [4.69, 9.17) is 16.0 Å². The van der Waals surface area contributed by atoms with Gasteiger partial charge in [-0.15, -0.1) is 5.10 Å². The van der Waals surface area contributed by atoms with E-state index in [2.05, 4.69) is 10.1 Å². The van der Waals surface area contributed by atoms with Gasteiger partial charge in [-0.05, 0) is 50.2 Å². The lowest BCUT2D eigenvalue weighted by atomic mass is 10.1. The molecule has 3 heterocycles. The van der Waals surface area contributed by atoms with Gasteiger partial charge >= 0.3 is 0 Å². The number of amides is 2. The van der Waals surface area contributed by atoms with Crippen LogP contribution in [0.2, 0.25) is 5.02 Å². The second kappa shape index (κ2) is 8.57. The van der Waals surface area contributed by atoms with Gasteiger partial charge in [0.1, 0.15) is 17.7 Å². The molecule has 0 N–H and O–H groups in total. The monoisotopic (exact) mass is 481 g/mol. The minimum atomic E-state index is -0.387. The smallest absolute Gasteiger partial charge is 0.293 e. The second-order valence-electron chi connectivity index (χ2n) is 8.29. The fraction of sp³-hybridized carbons (Fsp3) is 0.250. The first kappa shape index (κ1) is 22.1. The van der Waals surface area contributed by atoms with Crippen LogP contribution in [-0.2, 0) is 0 Å². The fourth-order valence-electron chi connectivity index (χ4n) is 4.22. The Bertz CT molecular complexity index is 1410. The van der Waals surface area contributed by atoms with Crippen LogP contribution < -0.4 is 0 Å². The Hall–Kier alpha value is -3.72. The average Bonchev–Trinajstić information content (AvgIpc) is 3.44. The van der Waals surface area contributed by atoms with Crippen molar-refractivity contribution in [2.45, 2.75) is 19.9 Å². The molecular formula is C24H21ClFN5O3. The summed E-state index contributed by atoms with van der Waals surface area (Å²) < 4.78 is 20.9. The third kappa shape index (κ3) is 3.92. The third-order valence-electron chi connectivity index (χ3n) is 6.02. The van der Waals surface area contributed by atoms with Crippen LogP contribution in [0.1, 0.15) is 33.7 Å². The molecule has 0 saturated carbocycles. The Morgan fingerprint density at radius 3 is 2.74 bits per heavy atom. The van der Waals surface area contributed by atoms with Crippen molar-refractivity contribution in [1.29, 1.82) is 0 Å². The maximum absolute atomic E-state index is 13.6. The van der Waals surface area contributed by atoms with Gasteiger partial charge < -0.3 is 14.2 Å². The number of carbonyl (C=O) groups excluding carboxylic acids is 2. The van der Waals surface area contributed by atoms with E-state index in [0.29, 0.717) is 46.9 Å². The molecule has 2 amide bonds. The number of carbonyl (C=O) groups is 2. The van der Waals surface area contributed by atoms with Crippen LogP contribution in [0.5, 0.6) is 0 Å². The molecule has 2 aromatic heterocycles. The van der Waals surface area contributed by atoms with Crippen molar-refractivity contribution in [3.63, 3.8) is 0 Å². The molecule has 1 unspecified atom stereocenters. The van der Waals surface area contributed by atoms with Gasteiger partial charge in [0.2, 0.25) is 5.82 Å². The molecule has 1 atom stereocenters. The van der Waals surface area contributed by atoms with Gasteiger partial charge in [0.05, 0.1) is 5.69 Å². The van der Waals surface area contributed by atoms with Crippen molar-refractivity contribution >= 4 is 34.4 Å². The predicted octanol–water partition coefficient (Wildman–Crippen LogP) is 4.10. The van der Waals surface area contributed by atoms with Crippen LogP contribution in [0.15, 0.2) is 53.2 Å². The summed E-state index contributed by atoms with van der Waals surface area (Å²) in [5.74, 6) is -0.717. The minimum absolute atomic E-state index is 0.0714. The van der Waals surface area contributed by atoms with Crippen molar-refractivity contribution in [2.75, 3.05) is 19.6 Å². The zero-order valence-corrected chi connectivity index (χ0v) is 19.3. The number of aromatic nitrogens is 3. The normalized spacial score (nSPS) is 16.3. The Morgan fingerprint density at radius 1 is 1.15 bits per heavy atom. The number of nitrogens with zero attached hydrogens (tertiary/aromatic N) is 5. The maximum Gasteiger partial charge on any atom is 0.293 e. The van der Waals surface area contributed by atoms with Crippen LogP contribution in [0, 0.1) is 12.7 Å². The molecule has 0 radical (unpaired) electrons. The second-order valence-corrected chi connectivity index (χ2v) is 8.72. The first-order valence-electron chi connectivity index (χ1n) is 10.8. The molecule has 174 valence electrons. The van der Waals surface area contributed by atoms with Gasteiger partial charge in [0.25, 0.3) is 11.8 Å². The Balaban J connectivity index is 1.30. The molecule has 1 aliphatic heterocycles. The summed E-state index contributed by atoms with van der Waals surface area (Å²) in [5, 5.41) is 5.43. The summed E-state index contributed by atoms with van der Waals surface area (Å²) in [6.07, 6.45) is 1.47. The van der Waals surface area contributed by atoms with Gasteiger partial charge in [-0.3, -0.25) is 9.59 Å². The summed E-state index contributed by atoms with van der Waals surface area (Å²) in [6.45, 7) is 4.59. The zero-order valence-electron chi connectivity index (χ0n) is 18.5. The first-order chi connectivity index (χ1) is 16.3. The largest absolute Gasteiger partial charge is 0.451 e. The molecule has 8 nitrogen and oxygen atoms in total. The SMILES string of the molecule is Cc1c(C(=O)N2CCN(C(=O)c3ncn(-c4cccc(Cl)c4)n3)CC2C)oc2ccc(F)cc12. The molecule has 5 rings (SSSR count). The van der Waals surface area contributed by atoms with Crippen LogP contribution in [0.3, 0.4) is 0 Å². The number of halogens is 2. The highest BCUT2D eigenvalue weighted by Gasteiger charge is 2.34. The molecular weight excluding hydrogens is 461 g/mol. The lowest BCUT2D eigenvalue weighted by Gasteiger charge is -2.39. The van der Waals surface area contributed by atoms with E-state index in [0.717, 1.165) is 0 Å². The summed E-state index contributed by atoms with van der Waals surface area (Å²) in [7, 11) is 0. The van der Waals surface area contributed by atoms with E-state index < -0.39 is 0 Å². The van der Waals surface area contributed by atoms with Gasteiger partial charge in [-0.1, -0.05) is 17.7 Å². The van der Waals surface area contributed by atoms with Crippen LogP contribution >= 0.6 is 11.6 Å². The maximum atomic E-state index is 13.6. The Kier molecular flexibility index (Phi) is 5.57. The lowest BCUT2D eigenvalue weighted by molar-refractivity contribution is 0.0391. The number of fused-ring (bicyclic) bond motifs is 1. The number of aryl methyl sites for hydroxylation is 1. The number of benzene rings is 2. The van der Waals surface area contributed by atoms with E-state index in [1.807, 2.05) is 13.0 Å². The molecule has 0 aliphatic carbocycles. The topological polar surface area (TPSA) is 84.5 Å². The molecule has 4 aromatic rings. The summed E-state index contributed by atoms with van der Waals surface area (Å²) in [6, 6.07) is 11.0. The summed E-state index contributed by atoms with van der Waals surface area (Å²) >= 11 is 6.03.